The number of nitrogens with zero attached hydrogens (tertiary/aromatic N) is 1. The number of H-pyrrole nitrogens is 1. The summed E-state index contributed by atoms with van der Waals surface area (Å²) in [5.41, 5.74) is -1.13. The molecule has 0 aliphatic carbocycles. The van der Waals surface area contributed by atoms with Crippen molar-refractivity contribution in [2.24, 2.45) is 0 Å². The Morgan fingerprint density at radius 1 is 1.62 bits per heavy atom. The normalized spacial score (nSPS) is 28.4. The quantitative estimate of drug-likeness (QED) is 0.430. The maximum absolute atomic E-state index is 11.8. The summed E-state index contributed by atoms with van der Waals surface area (Å²) in [5, 5.41) is 13.1. The van der Waals surface area contributed by atoms with Crippen molar-refractivity contribution in [1.29, 1.82) is 0 Å². The van der Waals surface area contributed by atoms with Crippen molar-refractivity contribution in [2.45, 2.75) is 24.5 Å². The molecule has 0 saturated carbocycles. The molecule has 0 aromatic carbocycles. The molecule has 8 heteroatoms. The molecule has 0 amide bonds. The smallest absolute Gasteiger partial charge is 0.330 e. The van der Waals surface area contributed by atoms with E-state index in [1.54, 1.807) is 0 Å². The predicted octanol–water partition coefficient (Wildman–Crippen LogP) is -1.97. The zero-order valence-electron chi connectivity index (χ0n) is 11.5. The summed E-state index contributed by atoms with van der Waals surface area (Å²) in [4.78, 5) is 25.0. The highest BCUT2D eigenvalue weighted by Gasteiger charge is 2.45. The predicted molar refractivity (Wildman–Crippen MR) is 73.7 cm³/mol. The van der Waals surface area contributed by atoms with Gasteiger partial charge in [0.1, 0.15) is 18.3 Å². The Morgan fingerprint density at radius 3 is 3.00 bits per heavy atom. The minimum atomic E-state index is -0.927. The number of aliphatic hydroxyl groups excluding tert-OH is 1. The molecular weight excluding hydrogens is 278 g/mol. The third kappa shape index (κ3) is 3.22. The van der Waals surface area contributed by atoms with Crippen LogP contribution in [0, 0.1) is 12.3 Å². The lowest BCUT2D eigenvalue weighted by molar-refractivity contribution is -0.0534. The van der Waals surface area contributed by atoms with E-state index in [1.165, 1.54) is 23.9 Å². The lowest BCUT2D eigenvalue weighted by Crippen LogP contribution is -2.40. The van der Waals surface area contributed by atoms with Crippen LogP contribution in [0.2, 0.25) is 0 Å². The zero-order valence-corrected chi connectivity index (χ0v) is 11.5. The third-order valence-corrected chi connectivity index (χ3v) is 3.28. The molecule has 8 nitrogen and oxygen atoms in total. The number of hydrogen-bond acceptors (Lipinski definition) is 6. The molecule has 2 heterocycles. The van der Waals surface area contributed by atoms with Crippen LogP contribution in [0.4, 0.5) is 0 Å². The van der Waals surface area contributed by atoms with Gasteiger partial charge in [0.15, 0.2) is 6.23 Å². The van der Waals surface area contributed by atoms with Gasteiger partial charge in [-0.15, -0.1) is 6.42 Å². The van der Waals surface area contributed by atoms with E-state index in [9.17, 15) is 14.7 Å². The lowest BCUT2D eigenvalue weighted by atomic mass is 10.1. The average molecular weight is 295 g/mol. The second-order valence-electron chi connectivity index (χ2n) is 4.61. The van der Waals surface area contributed by atoms with Gasteiger partial charge in [0.25, 0.3) is 5.56 Å². The largest absolute Gasteiger partial charge is 0.387 e. The number of terminal acetylenes is 1. The van der Waals surface area contributed by atoms with Gasteiger partial charge >= 0.3 is 5.69 Å². The van der Waals surface area contributed by atoms with Crippen molar-refractivity contribution in [3.05, 3.63) is 33.1 Å². The van der Waals surface area contributed by atoms with E-state index in [4.69, 9.17) is 15.9 Å². The minimum Gasteiger partial charge on any atom is -0.387 e. The first-order valence-electron chi connectivity index (χ1n) is 6.40. The molecule has 0 unspecified atom stereocenters. The summed E-state index contributed by atoms with van der Waals surface area (Å²) in [6.07, 6.45) is 3.38. The van der Waals surface area contributed by atoms with Crippen LogP contribution in [-0.2, 0) is 9.47 Å². The van der Waals surface area contributed by atoms with E-state index >= 15 is 0 Å². The number of aromatic nitrogens is 2. The van der Waals surface area contributed by atoms with Gasteiger partial charge in [0.05, 0.1) is 6.54 Å². The Morgan fingerprint density at radius 2 is 2.38 bits per heavy atom. The van der Waals surface area contributed by atoms with Gasteiger partial charge in [-0.25, -0.2) is 4.79 Å². The molecule has 1 aliphatic rings. The van der Waals surface area contributed by atoms with Crippen LogP contribution in [0.15, 0.2) is 21.9 Å². The lowest BCUT2D eigenvalue weighted by Gasteiger charge is -2.19. The summed E-state index contributed by atoms with van der Waals surface area (Å²) in [6, 6.07) is 1.20. The van der Waals surface area contributed by atoms with E-state index < -0.39 is 35.8 Å². The molecular formula is C13H17N3O5. The van der Waals surface area contributed by atoms with Crippen LogP contribution in [0.1, 0.15) is 6.23 Å². The molecule has 4 atom stereocenters. The number of aliphatic hydroxyl groups is 1. The molecule has 0 spiro atoms. The molecule has 0 bridgehead atoms. The van der Waals surface area contributed by atoms with Gasteiger partial charge in [0.2, 0.25) is 0 Å². The maximum Gasteiger partial charge on any atom is 0.330 e. The second-order valence-corrected chi connectivity index (χ2v) is 4.61. The number of hydrogen-bond donors (Lipinski definition) is 3. The number of rotatable bonds is 5. The van der Waals surface area contributed by atoms with Gasteiger partial charge in [-0.1, -0.05) is 5.92 Å². The summed E-state index contributed by atoms with van der Waals surface area (Å²) in [7, 11) is 1.41. The second kappa shape index (κ2) is 6.69. The first-order chi connectivity index (χ1) is 10.1. The van der Waals surface area contributed by atoms with Crippen LogP contribution >= 0.6 is 0 Å². The van der Waals surface area contributed by atoms with Crippen LogP contribution in [0.5, 0.6) is 0 Å². The van der Waals surface area contributed by atoms with E-state index in [1.807, 2.05) is 0 Å². The SMILES string of the molecule is C#CCNC[C@H]1O[C@@H](n2ccc(=O)[nH]c2=O)[C@H](OC)[C@@H]1O. The van der Waals surface area contributed by atoms with E-state index in [2.05, 4.69) is 16.2 Å². The number of aromatic amines is 1. The van der Waals surface area contributed by atoms with E-state index in [0.29, 0.717) is 13.1 Å². The van der Waals surface area contributed by atoms with Crippen molar-refractivity contribution in [2.75, 3.05) is 20.2 Å². The van der Waals surface area contributed by atoms with Crippen LogP contribution in [0.3, 0.4) is 0 Å². The van der Waals surface area contributed by atoms with Crippen LogP contribution < -0.4 is 16.6 Å². The van der Waals surface area contributed by atoms with Gasteiger partial charge in [-0.05, 0) is 0 Å². The summed E-state index contributed by atoms with van der Waals surface area (Å²) >= 11 is 0. The highest BCUT2D eigenvalue weighted by atomic mass is 16.6. The Kier molecular flexibility index (Phi) is 4.93. The van der Waals surface area contributed by atoms with Crippen molar-refractivity contribution < 1.29 is 14.6 Å². The molecule has 1 aliphatic heterocycles. The fourth-order valence-corrected chi connectivity index (χ4v) is 2.28. The van der Waals surface area contributed by atoms with Crippen LogP contribution in [0.25, 0.3) is 0 Å². The highest BCUT2D eigenvalue weighted by molar-refractivity contribution is 4.95. The first-order valence-corrected chi connectivity index (χ1v) is 6.40. The molecule has 0 radical (unpaired) electrons. The maximum atomic E-state index is 11.8. The first kappa shape index (κ1) is 15.5. The fourth-order valence-electron chi connectivity index (χ4n) is 2.28. The Hall–Kier alpha value is -1.92. The Bertz CT molecular complexity index is 632. The van der Waals surface area contributed by atoms with Gasteiger partial charge in [0, 0.05) is 25.9 Å². The molecule has 2 rings (SSSR count). The standard InChI is InChI=1S/C13H17N3O5/c1-3-5-14-7-8-10(18)11(20-2)12(21-8)16-6-4-9(17)15-13(16)19/h1,4,6,8,10-12,14,18H,5,7H2,2H3,(H,15,17,19)/t8-,10-,11-,12-/m1/s1. The number of nitrogens with one attached hydrogen (secondary N) is 2. The summed E-state index contributed by atoms with van der Waals surface area (Å²) < 4.78 is 12.1. The molecule has 1 aromatic rings. The van der Waals surface area contributed by atoms with E-state index in [0.717, 1.165) is 0 Å². The Labute approximate surface area is 120 Å². The minimum absolute atomic E-state index is 0.319. The molecule has 21 heavy (non-hydrogen) atoms. The Balaban J connectivity index is 2.21. The number of ether oxygens (including phenoxy) is 2. The van der Waals surface area contributed by atoms with Crippen molar-refractivity contribution >= 4 is 0 Å². The van der Waals surface area contributed by atoms with Crippen LogP contribution in [-0.4, -0.2) is 53.2 Å². The highest BCUT2D eigenvalue weighted by Crippen LogP contribution is 2.29. The molecule has 114 valence electrons. The third-order valence-electron chi connectivity index (χ3n) is 3.28. The van der Waals surface area contributed by atoms with Crippen molar-refractivity contribution in [3.63, 3.8) is 0 Å². The number of methoxy groups -OCH3 is 1. The van der Waals surface area contributed by atoms with Crippen molar-refractivity contribution in [1.82, 2.24) is 14.9 Å². The molecule has 1 aromatic heterocycles. The van der Waals surface area contributed by atoms with Crippen molar-refractivity contribution in [3.8, 4) is 12.3 Å². The topological polar surface area (TPSA) is 106 Å². The summed E-state index contributed by atoms with van der Waals surface area (Å²) in [5.74, 6) is 2.42. The zero-order chi connectivity index (χ0) is 15.4. The van der Waals surface area contributed by atoms with Gasteiger partial charge in [-0.2, -0.15) is 0 Å². The molecule has 1 fully saturated rings. The average Bonchev–Trinajstić information content (AvgIpc) is 2.75. The fraction of sp³-hybridized carbons (Fsp3) is 0.538. The van der Waals surface area contributed by atoms with Gasteiger partial charge in [-0.3, -0.25) is 14.3 Å². The molecule has 3 N–H and O–H groups in total. The van der Waals surface area contributed by atoms with E-state index in [-0.39, 0.29) is 0 Å². The monoisotopic (exact) mass is 295 g/mol. The summed E-state index contributed by atoms with van der Waals surface area (Å²) in [6.45, 7) is 0.660. The molecule has 1 saturated heterocycles. The van der Waals surface area contributed by atoms with Gasteiger partial charge < -0.3 is 19.9 Å².